The molecular formula is C30H42FeN4. The molecule has 1 aromatic heterocycles. The first-order valence-electron chi connectivity index (χ1n) is 13.0. The van der Waals surface area contributed by atoms with Crippen LogP contribution < -0.4 is 10.6 Å². The minimum Gasteiger partial charge on any atom is -0.383 e. The van der Waals surface area contributed by atoms with Crippen LogP contribution in [0, 0.1) is 0 Å². The molecule has 4 nitrogen and oxygen atoms in total. The van der Waals surface area contributed by atoms with E-state index in [2.05, 4.69) is 96.7 Å². The average Bonchev–Trinajstić information content (AvgIpc) is 2.89. The third-order valence-corrected chi connectivity index (χ3v) is 6.57. The summed E-state index contributed by atoms with van der Waals surface area (Å²) in [7, 11) is 0. The van der Waals surface area contributed by atoms with Crippen molar-refractivity contribution in [2.45, 2.75) is 59.9 Å². The largest absolute Gasteiger partial charge is 0.383 e. The van der Waals surface area contributed by atoms with Crippen molar-refractivity contribution in [3.05, 3.63) is 88.7 Å². The molecule has 35 heavy (non-hydrogen) atoms. The predicted molar refractivity (Wildman–Crippen MR) is 147 cm³/mol. The van der Waals surface area contributed by atoms with Crippen LogP contribution in [0.2, 0.25) is 0 Å². The summed E-state index contributed by atoms with van der Waals surface area (Å²) in [6.45, 7) is 13.6. The number of pyridine rings is 1. The van der Waals surface area contributed by atoms with Gasteiger partial charge in [0, 0.05) is 67.4 Å². The van der Waals surface area contributed by atoms with Gasteiger partial charge in [-0.2, -0.15) is 0 Å². The monoisotopic (exact) mass is 514 g/mol. The van der Waals surface area contributed by atoms with Gasteiger partial charge in [0.1, 0.15) is 0 Å². The zero-order valence-electron chi connectivity index (χ0n) is 21.9. The second kappa shape index (κ2) is 15.6. The molecule has 0 saturated heterocycles. The summed E-state index contributed by atoms with van der Waals surface area (Å²) in [4.78, 5) is 7.08. The van der Waals surface area contributed by atoms with Gasteiger partial charge >= 0.3 is 0 Å². The molecule has 0 aliphatic carbocycles. The number of hydrogen-bond donors (Lipinski definition) is 2. The topological polar surface area (TPSA) is 40.2 Å². The van der Waals surface area contributed by atoms with E-state index in [1.807, 2.05) is 12.3 Å². The first-order valence-corrected chi connectivity index (χ1v) is 13.0. The van der Waals surface area contributed by atoms with Crippen molar-refractivity contribution >= 4 is 11.4 Å². The maximum Gasteiger partial charge on any atom is 0.0543 e. The number of hydrogen-bond acceptors (Lipinski definition) is 4. The minimum atomic E-state index is 0. The molecule has 0 atom stereocenters. The molecule has 3 rings (SSSR count). The standard InChI is InChI=1S/C30H42N4.Fe/c1-5-24-13-11-14-25(6-2)29(24)32-19-21-34(23-28-17-9-10-18-31-28)22-20-33-30-26(7-3)15-12-16-27(30)8-4;/h9-18,32-33H,5-8,19-23H2,1-4H3;. The molecule has 2 aromatic carbocycles. The fourth-order valence-corrected chi connectivity index (χ4v) is 4.61. The fourth-order valence-electron chi connectivity index (χ4n) is 4.61. The number of nitrogens with zero attached hydrogens (tertiary/aromatic N) is 2. The maximum atomic E-state index is 4.58. The van der Waals surface area contributed by atoms with Crippen LogP contribution in [-0.4, -0.2) is 36.1 Å². The molecule has 190 valence electrons. The number of aromatic nitrogens is 1. The van der Waals surface area contributed by atoms with Gasteiger partial charge < -0.3 is 10.6 Å². The molecule has 5 heteroatoms. The van der Waals surface area contributed by atoms with Crippen LogP contribution in [0.3, 0.4) is 0 Å². The van der Waals surface area contributed by atoms with E-state index in [0.717, 1.165) is 64.1 Å². The number of benzene rings is 2. The van der Waals surface area contributed by atoms with Gasteiger partial charge in [-0.25, -0.2) is 0 Å². The van der Waals surface area contributed by atoms with Gasteiger partial charge in [0.15, 0.2) is 0 Å². The molecule has 0 bridgehead atoms. The van der Waals surface area contributed by atoms with Gasteiger partial charge in [-0.05, 0) is 60.1 Å². The molecular weight excluding hydrogens is 472 g/mol. The van der Waals surface area contributed by atoms with E-state index in [0.29, 0.717) is 0 Å². The fraction of sp³-hybridized carbons (Fsp3) is 0.433. The van der Waals surface area contributed by atoms with E-state index in [-0.39, 0.29) is 17.1 Å². The van der Waals surface area contributed by atoms with Crippen molar-refractivity contribution in [2.75, 3.05) is 36.8 Å². The van der Waals surface area contributed by atoms with Crippen LogP contribution >= 0.6 is 0 Å². The van der Waals surface area contributed by atoms with Crippen LogP contribution in [-0.2, 0) is 49.3 Å². The Morgan fingerprint density at radius 1 is 0.629 bits per heavy atom. The zero-order valence-corrected chi connectivity index (χ0v) is 23.0. The van der Waals surface area contributed by atoms with E-state index in [1.165, 1.54) is 33.6 Å². The Morgan fingerprint density at radius 2 is 1.09 bits per heavy atom. The van der Waals surface area contributed by atoms with Crippen LogP contribution in [0.15, 0.2) is 60.8 Å². The molecule has 1 heterocycles. The summed E-state index contributed by atoms with van der Waals surface area (Å²) in [6.07, 6.45) is 6.09. The molecule has 0 unspecified atom stereocenters. The Morgan fingerprint density at radius 3 is 1.46 bits per heavy atom. The van der Waals surface area contributed by atoms with Crippen molar-refractivity contribution in [3.8, 4) is 0 Å². The number of nitrogens with one attached hydrogen (secondary N) is 2. The molecule has 2 N–H and O–H groups in total. The molecule has 0 spiro atoms. The Bertz CT molecular complexity index is 900. The van der Waals surface area contributed by atoms with Crippen LogP contribution in [0.1, 0.15) is 55.6 Å². The van der Waals surface area contributed by atoms with E-state index in [9.17, 15) is 0 Å². The van der Waals surface area contributed by atoms with Gasteiger partial charge in [-0.3, -0.25) is 9.88 Å². The number of para-hydroxylation sites is 2. The smallest absolute Gasteiger partial charge is 0.0543 e. The summed E-state index contributed by atoms with van der Waals surface area (Å²) in [6, 6.07) is 19.5. The quantitative estimate of drug-likeness (QED) is 0.246. The van der Waals surface area contributed by atoms with Gasteiger partial charge in [-0.15, -0.1) is 0 Å². The molecule has 0 amide bonds. The molecule has 0 radical (unpaired) electrons. The Kier molecular flexibility index (Phi) is 12.9. The van der Waals surface area contributed by atoms with E-state index in [1.54, 1.807) is 0 Å². The molecule has 0 aliphatic rings. The number of anilines is 2. The third-order valence-electron chi connectivity index (χ3n) is 6.57. The first kappa shape index (κ1) is 28.9. The predicted octanol–water partition coefficient (Wildman–Crippen LogP) is 6.35. The van der Waals surface area contributed by atoms with Crippen LogP contribution in [0.25, 0.3) is 0 Å². The Labute approximate surface area is 223 Å². The van der Waals surface area contributed by atoms with Crippen molar-refractivity contribution < 1.29 is 17.1 Å². The van der Waals surface area contributed by atoms with Gasteiger partial charge in [0.2, 0.25) is 0 Å². The van der Waals surface area contributed by atoms with E-state index < -0.39 is 0 Å². The summed E-state index contributed by atoms with van der Waals surface area (Å²) in [5.74, 6) is 0. The molecule has 0 fully saturated rings. The summed E-state index contributed by atoms with van der Waals surface area (Å²) < 4.78 is 0. The van der Waals surface area contributed by atoms with Gasteiger partial charge in [0.25, 0.3) is 0 Å². The number of rotatable bonds is 14. The summed E-state index contributed by atoms with van der Waals surface area (Å²) in [5.41, 5.74) is 9.39. The maximum absolute atomic E-state index is 4.58. The summed E-state index contributed by atoms with van der Waals surface area (Å²) in [5, 5.41) is 7.52. The van der Waals surface area contributed by atoms with Crippen molar-refractivity contribution in [2.24, 2.45) is 0 Å². The van der Waals surface area contributed by atoms with Crippen molar-refractivity contribution in [1.82, 2.24) is 9.88 Å². The third kappa shape index (κ3) is 8.38. The summed E-state index contributed by atoms with van der Waals surface area (Å²) >= 11 is 0. The second-order valence-corrected chi connectivity index (χ2v) is 8.77. The van der Waals surface area contributed by atoms with Crippen LogP contribution in [0.5, 0.6) is 0 Å². The van der Waals surface area contributed by atoms with E-state index in [4.69, 9.17) is 0 Å². The SMILES string of the molecule is CCc1cccc(CC)c1NCCN(CCNc1c(CC)cccc1CC)Cc1ccccn1.[Fe]. The van der Waals surface area contributed by atoms with E-state index >= 15 is 0 Å². The molecule has 0 aliphatic heterocycles. The normalized spacial score (nSPS) is 10.8. The second-order valence-electron chi connectivity index (χ2n) is 8.77. The van der Waals surface area contributed by atoms with Gasteiger partial charge in [0.05, 0.1) is 5.69 Å². The van der Waals surface area contributed by atoms with Crippen molar-refractivity contribution in [1.29, 1.82) is 0 Å². The van der Waals surface area contributed by atoms with Crippen LogP contribution in [0.4, 0.5) is 11.4 Å². The Hall–Kier alpha value is -2.33. The Balaban J connectivity index is 0.00000432. The molecule has 0 saturated carbocycles. The van der Waals surface area contributed by atoms with Crippen molar-refractivity contribution in [3.63, 3.8) is 0 Å². The number of aryl methyl sites for hydroxylation is 4. The van der Waals surface area contributed by atoms with Gasteiger partial charge in [-0.1, -0.05) is 70.2 Å². The minimum absolute atomic E-state index is 0. The first-order chi connectivity index (χ1) is 16.7. The average molecular weight is 515 g/mol. The molecule has 3 aromatic rings. The zero-order chi connectivity index (χ0) is 24.2.